The second-order valence-corrected chi connectivity index (χ2v) is 7.81. The number of halogens is 1. The molecule has 2 N–H and O–H groups in total. The summed E-state index contributed by atoms with van der Waals surface area (Å²) in [5.74, 6) is -0.555. The molecular formula is C21H21ClN4O3. The first-order chi connectivity index (χ1) is 13.9. The van der Waals surface area contributed by atoms with Crippen LogP contribution in [-0.2, 0) is 11.8 Å². The number of aliphatic carboxylic acids is 1. The number of benzene rings is 1. The molecule has 1 aliphatic carbocycles. The molecule has 0 atom stereocenters. The maximum absolute atomic E-state index is 12.9. The van der Waals surface area contributed by atoms with E-state index in [0.29, 0.717) is 40.6 Å². The van der Waals surface area contributed by atoms with Crippen molar-refractivity contribution in [2.75, 3.05) is 5.32 Å². The summed E-state index contributed by atoms with van der Waals surface area (Å²) in [6.07, 6.45) is 4.47. The number of carboxylic acid groups (broad SMARTS) is 1. The smallest absolute Gasteiger partial charge is 0.306 e. The molecule has 8 heteroatoms. The molecule has 29 heavy (non-hydrogen) atoms. The lowest BCUT2D eigenvalue weighted by molar-refractivity contribution is -0.142. The van der Waals surface area contributed by atoms with Gasteiger partial charge in [-0.1, -0.05) is 29.8 Å². The molecule has 1 aliphatic rings. The molecule has 1 saturated carbocycles. The van der Waals surface area contributed by atoms with E-state index in [1.165, 1.54) is 4.57 Å². The molecule has 1 fully saturated rings. The fraction of sp³-hybridized carbons (Fsp3) is 0.333. The number of rotatable bonds is 4. The number of anilines is 1. The number of carboxylic acids is 1. The number of aryl methyl sites for hydroxylation is 1. The number of pyridine rings is 1. The number of carbonyl (C=O) groups is 1. The van der Waals surface area contributed by atoms with E-state index >= 15 is 0 Å². The Bertz CT molecular complexity index is 1140. The zero-order valence-corrected chi connectivity index (χ0v) is 16.7. The van der Waals surface area contributed by atoms with Crippen molar-refractivity contribution in [3.8, 4) is 11.1 Å². The normalized spacial score (nSPS) is 19.2. The van der Waals surface area contributed by atoms with Gasteiger partial charge in [0.1, 0.15) is 5.65 Å². The van der Waals surface area contributed by atoms with Crippen molar-refractivity contribution in [2.45, 2.75) is 31.7 Å². The minimum Gasteiger partial charge on any atom is -0.481 e. The predicted octanol–water partition coefficient (Wildman–Crippen LogP) is 3.70. The van der Waals surface area contributed by atoms with Gasteiger partial charge < -0.3 is 10.4 Å². The molecule has 0 radical (unpaired) electrons. The first-order valence-electron chi connectivity index (χ1n) is 9.55. The fourth-order valence-corrected chi connectivity index (χ4v) is 4.09. The van der Waals surface area contributed by atoms with Crippen molar-refractivity contribution in [1.82, 2.24) is 14.5 Å². The van der Waals surface area contributed by atoms with Gasteiger partial charge in [-0.15, -0.1) is 0 Å². The van der Waals surface area contributed by atoms with Crippen molar-refractivity contribution in [3.63, 3.8) is 0 Å². The Labute approximate surface area is 172 Å². The Morgan fingerprint density at radius 1 is 1.21 bits per heavy atom. The van der Waals surface area contributed by atoms with Gasteiger partial charge in [0.15, 0.2) is 0 Å². The van der Waals surface area contributed by atoms with Crippen LogP contribution >= 0.6 is 11.6 Å². The lowest BCUT2D eigenvalue weighted by Gasteiger charge is -2.26. The van der Waals surface area contributed by atoms with E-state index in [9.17, 15) is 9.59 Å². The maximum atomic E-state index is 12.9. The Hall–Kier alpha value is -2.93. The fourth-order valence-electron chi connectivity index (χ4n) is 3.86. The van der Waals surface area contributed by atoms with Crippen LogP contribution in [0.3, 0.4) is 0 Å². The van der Waals surface area contributed by atoms with Gasteiger partial charge >= 0.3 is 5.97 Å². The van der Waals surface area contributed by atoms with E-state index in [2.05, 4.69) is 15.3 Å². The minimum atomic E-state index is -0.727. The average molecular weight is 413 g/mol. The number of hydrogen-bond donors (Lipinski definition) is 2. The van der Waals surface area contributed by atoms with Crippen LogP contribution in [0, 0.1) is 5.92 Å². The summed E-state index contributed by atoms with van der Waals surface area (Å²) in [5, 5.41) is 13.7. The number of aromatic nitrogens is 3. The average Bonchev–Trinajstić information content (AvgIpc) is 2.72. The third-order valence-corrected chi connectivity index (χ3v) is 5.85. The van der Waals surface area contributed by atoms with Gasteiger partial charge in [-0.2, -0.15) is 4.98 Å². The molecule has 2 aromatic heterocycles. The van der Waals surface area contributed by atoms with Gasteiger partial charge in [0.2, 0.25) is 5.95 Å². The van der Waals surface area contributed by atoms with Gasteiger partial charge in [0, 0.05) is 40.8 Å². The predicted molar refractivity (Wildman–Crippen MR) is 112 cm³/mol. The van der Waals surface area contributed by atoms with E-state index in [4.69, 9.17) is 16.7 Å². The van der Waals surface area contributed by atoms with E-state index in [1.54, 1.807) is 25.4 Å². The SMILES string of the molecule is Cn1c(=O)c(-c2ccccc2Cl)cc2cnc(NC3CCC(C(=O)O)CC3)nc21. The van der Waals surface area contributed by atoms with Crippen LogP contribution in [0.1, 0.15) is 25.7 Å². The van der Waals surface area contributed by atoms with Crippen LogP contribution in [0.25, 0.3) is 22.2 Å². The highest BCUT2D eigenvalue weighted by Gasteiger charge is 2.26. The highest BCUT2D eigenvalue weighted by Crippen LogP contribution is 2.28. The van der Waals surface area contributed by atoms with Crippen LogP contribution in [0.15, 0.2) is 41.3 Å². The molecule has 0 spiro atoms. The van der Waals surface area contributed by atoms with Crippen molar-refractivity contribution in [3.05, 3.63) is 51.9 Å². The Morgan fingerprint density at radius 2 is 1.93 bits per heavy atom. The summed E-state index contributed by atoms with van der Waals surface area (Å²) < 4.78 is 1.50. The first kappa shape index (κ1) is 19.4. The van der Waals surface area contributed by atoms with Gasteiger partial charge in [-0.3, -0.25) is 14.2 Å². The van der Waals surface area contributed by atoms with E-state index in [-0.39, 0.29) is 17.5 Å². The van der Waals surface area contributed by atoms with Crippen LogP contribution in [0.5, 0.6) is 0 Å². The molecular weight excluding hydrogens is 392 g/mol. The van der Waals surface area contributed by atoms with Gasteiger partial charge in [0.25, 0.3) is 5.56 Å². The highest BCUT2D eigenvalue weighted by atomic mass is 35.5. The summed E-state index contributed by atoms with van der Waals surface area (Å²) in [7, 11) is 1.68. The second kappa shape index (κ2) is 7.83. The van der Waals surface area contributed by atoms with Gasteiger partial charge in [0.05, 0.1) is 5.92 Å². The zero-order valence-electron chi connectivity index (χ0n) is 15.9. The highest BCUT2D eigenvalue weighted by molar-refractivity contribution is 6.33. The molecule has 0 bridgehead atoms. The summed E-state index contributed by atoms with van der Waals surface area (Å²) in [6.45, 7) is 0. The van der Waals surface area contributed by atoms with Gasteiger partial charge in [-0.05, 0) is 37.8 Å². The summed E-state index contributed by atoms with van der Waals surface area (Å²) in [4.78, 5) is 32.9. The minimum absolute atomic E-state index is 0.127. The molecule has 3 aromatic rings. The number of nitrogens with zero attached hydrogens (tertiary/aromatic N) is 3. The zero-order chi connectivity index (χ0) is 20.5. The van der Waals surface area contributed by atoms with Gasteiger partial charge in [-0.25, -0.2) is 4.98 Å². The van der Waals surface area contributed by atoms with Crippen molar-refractivity contribution >= 4 is 34.6 Å². The molecule has 150 valence electrons. The van der Waals surface area contributed by atoms with E-state index in [1.807, 2.05) is 18.2 Å². The number of hydrogen-bond acceptors (Lipinski definition) is 5. The lowest BCUT2D eigenvalue weighted by Crippen LogP contribution is -2.30. The Balaban J connectivity index is 1.63. The molecule has 0 aliphatic heterocycles. The van der Waals surface area contributed by atoms with Crippen LogP contribution < -0.4 is 10.9 Å². The molecule has 1 aromatic carbocycles. The number of nitrogens with one attached hydrogen (secondary N) is 1. The van der Waals surface area contributed by atoms with Crippen molar-refractivity contribution in [1.29, 1.82) is 0 Å². The van der Waals surface area contributed by atoms with Crippen LogP contribution in [0.4, 0.5) is 5.95 Å². The monoisotopic (exact) mass is 412 g/mol. The van der Waals surface area contributed by atoms with E-state index in [0.717, 1.165) is 18.2 Å². The van der Waals surface area contributed by atoms with Crippen molar-refractivity contribution < 1.29 is 9.90 Å². The Morgan fingerprint density at radius 3 is 2.62 bits per heavy atom. The van der Waals surface area contributed by atoms with Crippen LogP contribution in [0.2, 0.25) is 5.02 Å². The summed E-state index contributed by atoms with van der Waals surface area (Å²) >= 11 is 6.27. The quantitative estimate of drug-likeness (QED) is 0.678. The number of fused-ring (bicyclic) bond motifs is 1. The molecule has 0 saturated heterocycles. The van der Waals surface area contributed by atoms with Crippen molar-refractivity contribution in [2.24, 2.45) is 13.0 Å². The van der Waals surface area contributed by atoms with Crippen LogP contribution in [-0.4, -0.2) is 31.7 Å². The molecule has 0 unspecified atom stereocenters. The summed E-state index contributed by atoms with van der Waals surface area (Å²) in [6, 6.07) is 9.12. The first-order valence-corrected chi connectivity index (χ1v) is 9.93. The lowest BCUT2D eigenvalue weighted by atomic mass is 9.86. The third-order valence-electron chi connectivity index (χ3n) is 5.52. The summed E-state index contributed by atoms with van der Waals surface area (Å²) in [5.41, 5.74) is 1.52. The second-order valence-electron chi connectivity index (χ2n) is 7.41. The topological polar surface area (TPSA) is 97.1 Å². The maximum Gasteiger partial charge on any atom is 0.306 e. The Kier molecular flexibility index (Phi) is 5.24. The molecule has 2 heterocycles. The van der Waals surface area contributed by atoms with E-state index < -0.39 is 5.97 Å². The third kappa shape index (κ3) is 3.82. The largest absolute Gasteiger partial charge is 0.481 e. The molecule has 0 amide bonds. The molecule has 4 rings (SSSR count). The molecule has 7 nitrogen and oxygen atoms in total. The standard InChI is InChI=1S/C21H21ClN4O3/c1-26-18-13(10-16(19(26)27)15-4-2-3-5-17(15)22)11-23-21(25-18)24-14-8-6-12(7-9-14)20(28)29/h2-5,10-12,14H,6-9H2,1H3,(H,28,29)(H,23,24,25).